The molecule has 0 heterocycles. The van der Waals surface area contributed by atoms with E-state index in [1.54, 1.807) is 12.0 Å². The standard InChI is InChI=1S/C11H23N3O3/c1-8(2)7-14(4-5-17-3)11(16)9(12)6-10(13)15/h8-9H,4-7,12H2,1-3H3,(H2,13,15). The first-order valence-electron chi connectivity index (χ1n) is 5.70. The summed E-state index contributed by atoms with van der Waals surface area (Å²) in [6.45, 7) is 5.52. The number of ether oxygens (including phenoxy) is 1. The maximum absolute atomic E-state index is 12.0. The molecule has 0 saturated heterocycles. The highest BCUT2D eigenvalue weighted by atomic mass is 16.5. The van der Waals surface area contributed by atoms with E-state index in [-0.39, 0.29) is 12.3 Å². The van der Waals surface area contributed by atoms with Crippen molar-refractivity contribution in [1.29, 1.82) is 0 Å². The molecular formula is C11H23N3O3. The third-order valence-electron chi connectivity index (χ3n) is 2.20. The van der Waals surface area contributed by atoms with Crippen molar-refractivity contribution in [2.45, 2.75) is 26.3 Å². The first kappa shape index (κ1) is 15.9. The van der Waals surface area contributed by atoms with Gasteiger partial charge >= 0.3 is 0 Å². The fourth-order valence-electron chi connectivity index (χ4n) is 1.47. The Balaban J connectivity index is 4.43. The van der Waals surface area contributed by atoms with Crippen LogP contribution in [0.1, 0.15) is 20.3 Å². The van der Waals surface area contributed by atoms with Gasteiger partial charge in [-0.25, -0.2) is 0 Å². The van der Waals surface area contributed by atoms with Crippen molar-refractivity contribution in [3.05, 3.63) is 0 Å². The second-order valence-electron chi connectivity index (χ2n) is 4.45. The van der Waals surface area contributed by atoms with Gasteiger partial charge in [0.15, 0.2) is 0 Å². The van der Waals surface area contributed by atoms with E-state index in [4.69, 9.17) is 16.2 Å². The zero-order valence-corrected chi connectivity index (χ0v) is 10.8. The third kappa shape index (κ3) is 6.91. The summed E-state index contributed by atoms with van der Waals surface area (Å²) in [5.74, 6) is -0.492. The molecule has 0 aromatic heterocycles. The lowest BCUT2D eigenvalue weighted by atomic mass is 10.1. The van der Waals surface area contributed by atoms with Crippen LogP contribution < -0.4 is 11.5 Å². The smallest absolute Gasteiger partial charge is 0.240 e. The van der Waals surface area contributed by atoms with Crippen LogP contribution in [0.15, 0.2) is 0 Å². The fourth-order valence-corrected chi connectivity index (χ4v) is 1.47. The third-order valence-corrected chi connectivity index (χ3v) is 2.20. The summed E-state index contributed by atoms with van der Waals surface area (Å²) >= 11 is 0. The highest BCUT2D eigenvalue weighted by molar-refractivity contribution is 5.87. The van der Waals surface area contributed by atoms with Crippen LogP contribution in [-0.2, 0) is 14.3 Å². The van der Waals surface area contributed by atoms with Crippen LogP contribution in [0.5, 0.6) is 0 Å². The molecule has 17 heavy (non-hydrogen) atoms. The number of methoxy groups -OCH3 is 1. The molecule has 0 aliphatic carbocycles. The SMILES string of the molecule is COCCN(CC(C)C)C(=O)C(N)CC(N)=O. The van der Waals surface area contributed by atoms with Crippen LogP contribution in [0.4, 0.5) is 0 Å². The number of amides is 2. The Kier molecular flexibility index (Phi) is 7.49. The number of rotatable bonds is 8. The van der Waals surface area contributed by atoms with Crippen LogP contribution in [0.25, 0.3) is 0 Å². The molecule has 0 bridgehead atoms. The molecule has 0 radical (unpaired) electrons. The Morgan fingerprint density at radius 1 is 1.35 bits per heavy atom. The number of carbonyl (C=O) groups excluding carboxylic acids is 2. The van der Waals surface area contributed by atoms with Gasteiger partial charge in [0, 0.05) is 20.2 Å². The number of hydrogen-bond acceptors (Lipinski definition) is 4. The number of primary amides is 1. The lowest BCUT2D eigenvalue weighted by Crippen LogP contribution is -2.47. The maximum Gasteiger partial charge on any atom is 0.240 e. The van der Waals surface area contributed by atoms with Gasteiger partial charge in [-0.3, -0.25) is 9.59 Å². The van der Waals surface area contributed by atoms with E-state index in [0.29, 0.717) is 25.6 Å². The van der Waals surface area contributed by atoms with Crippen molar-refractivity contribution in [2.24, 2.45) is 17.4 Å². The fraction of sp³-hybridized carbons (Fsp3) is 0.818. The molecule has 6 nitrogen and oxygen atoms in total. The summed E-state index contributed by atoms with van der Waals surface area (Å²) in [6.07, 6.45) is -0.125. The molecule has 1 unspecified atom stereocenters. The van der Waals surface area contributed by atoms with Gasteiger partial charge in [-0.05, 0) is 5.92 Å². The monoisotopic (exact) mass is 245 g/mol. The summed E-state index contributed by atoms with van der Waals surface area (Å²) in [7, 11) is 1.57. The number of carbonyl (C=O) groups is 2. The minimum Gasteiger partial charge on any atom is -0.383 e. The predicted molar refractivity (Wildman–Crippen MR) is 65.1 cm³/mol. The quantitative estimate of drug-likeness (QED) is 0.592. The Hall–Kier alpha value is -1.14. The zero-order chi connectivity index (χ0) is 13.4. The lowest BCUT2D eigenvalue weighted by Gasteiger charge is -2.26. The van der Waals surface area contributed by atoms with E-state index >= 15 is 0 Å². The van der Waals surface area contributed by atoms with Crippen LogP contribution in [-0.4, -0.2) is 49.6 Å². The van der Waals surface area contributed by atoms with Gasteiger partial charge in [0.2, 0.25) is 11.8 Å². The molecule has 0 saturated carbocycles. The Morgan fingerprint density at radius 3 is 2.35 bits per heavy atom. The van der Waals surface area contributed by atoms with Crippen LogP contribution in [0, 0.1) is 5.92 Å². The molecule has 0 aliphatic rings. The van der Waals surface area contributed by atoms with Crippen molar-refractivity contribution in [2.75, 3.05) is 26.8 Å². The molecule has 1 atom stereocenters. The van der Waals surface area contributed by atoms with Crippen LogP contribution >= 0.6 is 0 Å². The summed E-state index contributed by atoms with van der Waals surface area (Å²) in [5, 5.41) is 0. The minimum absolute atomic E-state index is 0.125. The van der Waals surface area contributed by atoms with Gasteiger partial charge in [-0.1, -0.05) is 13.8 Å². The Morgan fingerprint density at radius 2 is 1.94 bits per heavy atom. The van der Waals surface area contributed by atoms with E-state index in [9.17, 15) is 9.59 Å². The van der Waals surface area contributed by atoms with Crippen LogP contribution in [0.2, 0.25) is 0 Å². The van der Waals surface area contributed by atoms with Crippen molar-refractivity contribution in [3.63, 3.8) is 0 Å². The largest absolute Gasteiger partial charge is 0.383 e. The molecule has 6 heteroatoms. The van der Waals surface area contributed by atoms with Gasteiger partial charge in [-0.15, -0.1) is 0 Å². The summed E-state index contributed by atoms with van der Waals surface area (Å²) in [4.78, 5) is 24.3. The van der Waals surface area contributed by atoms with Gasteiger partial charge in [0.1, 0.15) is 0 Å². The Labute approximate surface area is 102 Å². The Bertz CT molecular complexity index is 256. The average Bonchev–Trinajstić information content (AvgIpc) is 2.21. The number of hydrogen-bond donors (Lipinski definition) is 2. The topological polar surface area (TPSA) is 98.7 Å². The summed E-state index contributed by atoms with van der Waals surface area (Å²) in [5.41, 5.74) is 10.7. The first-order valence-corrected chi connectivity index (χ1v) is 5.70. The van der Waals surface area contributed by atoms with Crippen molar-refractivity contribution in [1.82, 2.24) is 4.90 Å². The molecule has 0 fully saturated rings. The second kappa shape index (κ2) is 8.03. The molecule has 0 aliphatic heterocycles. The average molecular weight is 245 g/mol. The molecule has 2 amide bonds. The predicted octanol–water partition coefficient (Wildman–Crippen LogP) is -0.680. The van der Waals surface area contributed by atoms with E-state index in [1.807, 2.05) is 13.8 Å². The highest BCUT2D eigenvalue weighted by Crippen LogP contribution is 2.03. The minimum atomic E-state index is -0.858. The summed E-state index contributed by atoms with van der Waals surface area (Å²) < 4.78 is 4.94. The number of nitrogens with two attached hydrogens (primary N) is 2. The summed E-state index contributed by atoms with van der Waals surface area (Å²) in [6, 6.07) is -0.858. The molecular weight excluding hydrogens is 222 g/mol. The van der Waals surface area contributed by atoms with Gasteiger partial charge in [0.25, 0.3) is 0 Å². The second-order valence-corrected chi connectivity index (χ2v) is 4.45. The van der Waals surface area contributed by atoms with Crippen molar-refractivity contribution in [3.8, 4) is 0 Å². The van der Waals surface area contributed by atoms with Crippen molar-refractivity contribution >= 4 is 11.8 Å². The van der Waals surface area contributed by atoms with E-state index in [1.165, 1.54) is 0 Å². The number of nitrogens with zero attached hydrogens (tertiary/aromatic N) is 1. The zero-order valence-electron chi connectivity index (χ0n) is 10.8. The van der Waals surface area contributed by atoms with E-state index in [2.05, 4.69) is 0 Å². The maximum atomic E-state index is 12.0. The highest BCUT2D eigenvalue weighted by Gasteiger charge is 2.22. The molecule has 0 rings (SSSR count). The van der Waals surface area contributed by atoms with Crippen LogP contribution in [0.3, 0.4) is 0 Å². The van der Waals surface area contributed by atoms with E-state index in [0.717, 1.165) is 0 Å². The normalized spacial score (nSPS) is 12.5. The van der Waals surface area contributed by atoms with Gasteiger partial charge in [0.05, 0.1) is 19.1 Å². The first-order chi connectivity index (χ1) is 7.88. The molecule has 0 aromatic carbocycles. The van der Waals surface area contributed by atoms with Gasteiger partial charge in [-0.2, -0.15) is 0 Å². The lowest BCUT2D eigenvalue weighted by molar-refractivity contribution is -0.135. The molecule has 100 valence electrons. The molecule has 0 aromatic rings. The molecule has 0 spiro atoms. The van der Waals surface area contributed by atoms with Gasteiger partial charge < -0.3 is 21.1 Å². The molecule has 4 N–H and O–H groups in total. The van der Waals surface area contributed by atoms with Crippen molar-refractivity contribution < 1.29 is 14.3 Å². The van der Waals surface area contributed by atoms with E-state index < -0.39 is 11.9 Å².